The van der Waals surface area contributed by atoms with Gasteiger partial charge in [0.1, 0.15) is 11.3 Å². The maximum Gasteiger partial charge on any atom is 0.160 e. The van der Waals surface area contributed by atoms with Crippen molar-refractivity contribution in [1.82, 2.24) is 14.9 Å². The highest BCUT2D eigenvalue weighted by Gasteiger charge is 2.24. The quantitative estimate of drug-likeness (QED) is 0.583. The van der Waals surface area contributed by atoms with Gasteiger partial charge in [-0.15, -0.1) is 0 Å². The second-order valence-electron chi connectivity index (χ2n) is 4.85. The molecule has 18 heavy (non-hydrogen) atoms. The van der Waals surface area contributed by atoms with E-state index in [-0.39, 0.29) is 6.10 Å². The Labute approximate surface area is 126 Å². The Morgan fingerprint density at radius 3 is 2.78 bits per heavy atom. The summed E-state index contributed by atoms with van der Waals surface area (Å²) in [6, 6.07) is 0. The van der Waals surface area contributed by atoms with Crippen molar-refractivity contribution in [2.45, 2.75) is 25.9 Å². The highest BCUT2D eigenvalue weighted by atomic mass is 127. The van der Waals surface area contributed by atoms with Crippen molar-refractivity contribution < 1.29 is 4.74 Å². The lowest BCUT2D eigenvalue weighted by Gasteiger charge is -2.29. The minimum Gasteiger partial charge on any atom is -0.368 e. The lowest BCUT2D eigenvalue weighted by molar-refractivity contribution is -0.0256. The normalized spacial score (nSPS) is 21.6. The molecule has 1 fully saturated rings. The van der Waals surface area contributed by atoms with Crippen LogP contribution in [0, 0.1) is 3.57 Å². The minimum absolute atomic E-state index is 0.0734. The Morgan fingerprint density at radius 2 is 2.17 bits per heavy atom. The predicted octanol–water partition coefficient (Wildman–Crippen LogP) is 2.86. The molecule has 1 aliphatic heterocycles. The van der Waals surface area contributed by atoms with E-state index >= 15 is 0 Å². The molecule has 0 aromatic carbocycles. The van der Waals surface area contributed by atoms with Crippen LogP contribution in [-0.4, -0.2) is 41.6 Å². The zero-order chi connectivity index (χ0) is 13.3. The van der Waals surface area contributed by atoms with Crippen molar-refractivity contribution in [2.24, 2.45) is 0 Å². The summed E-state index contributed by atoms with van der Waals surface area (Å²) in [7, 11) is 2.08. The molecule has 100 valence electrons. The van der Waals surface area contributed by atoms with E-state index in [2.05, 4.69) is 58.4 Å². The molecule has 1 atom stereocenters. The number of rotatable bonds is 2. The van der Waals surface area contributed by atoms with Gasteiger partial charge in [0.15, 0.2) is 5.82 Å². The van der Waals surface area contributed by atoms with Crippen LogP contribution in [0.1, 0.15) is 37.4 Å². The van der Waals surface area contributed by atoms with Gasteiger partial charge in [0.25, 0.3) is 0 Å². The van der Waals surface area contributed by atoms with Crippen molar-refractivity contribution in [3.8, 4) is 0 Å². The van der Waals surface area contributed by atoms with Crippen molar-refractivity contribution in [3.63, 3.8) is 0 Å². The monoisotopic (exact) mass is 381 g/mol. The molecule has 4 nitrogen and oxygen atoms in total. The molecule has 0 N–H and O–H groups in total. The lowest BCUT2D eigenvalue weighted by Crippen LogP contribution is -2.36. The molecule has 1 saturated heterocycles. The first-order chi connectivity index (χ1) is 8.49. The predicted molar refractivity (Wildman–Crippen MR) is 80.0 cm³/mol. The van der Waals surface area contributed by atoms with Crippen molar-refractivity contribution >= 4 is 34.2 Å². The number of likely N-dealkylation sites (N-methyl/N-ethyl adjacent to an activating group) is 1. The third-order valence-corrected chi connectivity index (χ3v) is 4.61. The Kier molecular flexibility index (Phi) is 4.80. The van der Waals surface area contributed by atoms with Gasteiger partial charge in [-0.3, -0.25) is 0 Å². The van der Waals surface area contributed by atoms with E-state index in [1.807, 2.05) is 0 Å². The summed E-state index contributed by atoms with van der Waals surface area (Å²) in [4.78, 5) is 11.2. The van der Waals surface area contributed by atoms with Gasteiger partial charge in [-0.1, -0.05) is 25.4 Å². The number of ether oxygens (including phenoxy) is 1. The summed E-state index contributed by atoms with van der Waals surface area (Å²) in [5.41, 5.74) is 1.00. The topological polar surface area (TPSA) is 38.2 Å². The highest BCUT2D eigenvalue weighted by molar-refractivity contribution is 14.1. The third-order valence-electron chi connectivity index (χ3n) is 2.96. The van der Waals surface area contributed by atoms with E-state index in [0.717, 1.165) is 22.4 Å². The van der Waals surface area contributed by atoms with Crippen molar-refractivity contribution in [3.05, 3.63) is 20.2 Å². The van der Waals surface area contributed by atoms with E-state index < -0.39 is 0 Å². The molecular weight excluding hydrogens is 365 g/mol. The fraction of sp³-hybridized carbons (Fsp3) is 0.667. The smallest absolute Gasteiger partial charge is 0.160 e. The van der Waals surface area contributed by atoms with Crippen LogP contribution in [-0.2, 0) is 4.74 Å². The molecular formula is C12H17ClIN3O. The maximum atomic E-state index is 6.19. The number of hydrogen-bond acceptors (Lipinski definition) is 4. The van der Waals surface area contributed by atoms with E-state index in [9.17, 15) is 0 Å². The van der Waals surface area contributed by atoms with Crippen molar-refractivity contribution in [2.75, 3.05) is 26.7 Å². The van der Waals surface area contributed by atoms with Crippen LogP contribution in [0.15, 0.2) is 0 Å². The molecule has 1 aromatic rings. The zero-order valence-corrected chi connectivity index (χ0v) is 13.7. The maximum absolute atomic E-state index is 6.19. The Bertz CT molecular complexity index is 442. The van der Waals surface area contributed by atoms with Gasteiger partial charge in [-0.05, 0) is 35.6 Å². The Morgan fingerprint density at radius 1 is 1.44 bits per heavy atom. The molecule has 2 heterocycles. The minimum atomic E-state index is -0.0734. The Hall–Kier alpha value is 0.0200. The molecule has 0 spiro atoms. The van der Waals surface area contributed by atoms with Gasteiger partial charge >= 0.3 is 0 Å². The van der Waals surface area contributed by atoms with Crippen LogP contribution in [0.25, 0.3) is 0 Å². The second-order valence-corrected chi connectivity index (χ2v) is 6.28. The van der Waals surface area contributed by atoms with Gasteiger partial charge in [0, 0.05) is 13.1 Å². The standard InChI is InChI=1S/C12H17ClIN3O/c1-7(2)10-9(14)11(13)16-12(15-10)8-6-17(3)4-5-18-8/h7-8H,4-6H2,1-3H3. The summed E-state index contributed by atoms with van der Waals surface area (Å²) in [6.07, 6.45) is -0.0734. The molecule has 2 rings (SSSR count). The average molecular weight is 382 g/mol. The van der Waals surface area contributed by atoms with Crippen LogP contribution in [0.4, 0.5) is 0 Å². The molecule has 0 radical (unpaired) electrons. The van der Waals surface area contributed by atoms with E-state index in [1.54, 1.807) is 0 Å². The van der Waals surface area contributed by atoms with Gasteiger partial charge in [-0.2, -0.15) is 0 Å². The molecule has 0 amide bonds. The van der Waals surface area contributed by atoms with Gasteiger partial charge < -0.3 is 9.64 Å². The summed E-state index contributed by atoms with van der Waals surface area (Å²) < 4.78 is 6.68. The third kappa shape index (κ3) is 3.12. The largest absolute Gasteiger partial charge is 0.368 e. The average Bonchev–Trinajstić information content (AvgIpc) is 2.32. The second kappa shape index (κ2) is 5.98. The van der Waals surface area contributed by atoms with Gasteiger partial charge in [0.05, 0.1) is 15.9 Å². The van der Waals surface area contributed by atoms with Gasteiger partial charge in [0.2, 0.25) is 0 Å². The first kappa shape index (κ1) is 14.4. The van der Waals surface area contributed by atoms with Crippen LogP contribution in [0.2, 0.25) is 5.15 Å². The summed E-state index contributed by atoms with van der Waals surface area (Å²) in [6.45, 7) is 6.70. The van der Waals surface area contributed by atoms with Gasteiger partial charge in [-0.25, -0.2) is 9.97 Å². The van der Waals surface area contributed by atoms with Crippen LogP contribution in [0.5, 0.6) is 0 Å². The number of halogens is 2. The molecule has 1 unspecified atom stereocenters. The number of aromatic nitrogens is 2. The highest BCUT2D eigenvalue weighted by Crippen LogP contribution is 2.28. The summed E-state index contributed by atoms with van der Waals surface area (Å²) in [5.74, 6) is 1.04. The zero-order valence-electron chi connectivity index (χ0n) is 10.8. The van der Waals surface area contributed by atoms with E-state index in [4.69, 9.17) is 16.3 Å². The molecule has 1 aliphatic rings. The number of morpholine rings is 1. The molecule has 0 aliphatic carbocycles. The fourth-order valence-corrected chi connectivity index (χ4v) is 2.96. The molecule has 0 bridgehead atoms. The van der Waals surface area contributed by atoms with Crippen LogP contribution < -0.4 is 0 Å². The van der Waals surface area contributed by atoms with Crippen LogP contribution in [0.3, 0.4) is 0 Å². The first-order valence-electron chi connectivity index (χ1n) is 6.02. The van der Waals surface area contributed by atoms with Crippen LogP contribution >= 0.6 is 34.2 Å². The lowest BCUT2D eigenvalue weighted by atomic mass is 10.1. The summed E-state index contributed by atoms with van der Waals surface area (Å²) >= 11 is 8.39. The SMILES string of the molecule is CC(C)c1nc(C2CN(C)CCO2)nc(Cl)c1I. The number of nitrogens with zero attached hydrogens (tertiary/aromatic N) is 3. The molecule has 6 heteroatoms. The molecule has 0 saturated carbocycles. The van der Waals surface area contributed by atoms with Crippen molar-refractivity contribution in [1.29, 1.82) is 0 Å². The van der Waals surface area contributed by atoms with E-state index in [0.29, 0.717) is 23.5 Å². The van der Waals surface area contributed by atoms with E-state index in [1.165, 1.54) is 0 Å². The number of hydrogen-bond donors (Lipinski definition) is 0. The Balaban J connectivity index is 2.33. The fourth-order valence-electron chi connectivity index (χ4n) is 1.91. The summed E-state index contributed by atoms with van der Waals surface area (Å²) in [5, 5.41) is 0.529. The molecule has 1 aromatic heterocycles. The first-order valence-corrected chi connectivity index (χ1v) is 7.47.